The lowest BCUT2D eigenvalue weighted by Crippen LogP contribution is -2.44. The predicted octanol–water partition coefficient (Wildman–Crippen LogP) is 2.85. The second-order valence-electron chi connectivity index (χ2n) is 8.53. The third-order valence-corrected chi connectivity index (χ3v) is 7.54. The second kappa shape index (κ2) is 8.05. The van der Waals surface area contributed by atoms with Gasteiger partial charge < -0.3 is 14.4 Å². The molecule has 166 valence electrons. The number of fused-ring (bicyclic) bond motifs is 5. The van der Waals surface area contributed by atoms with Gasteiger partial charge in [0.1, 0.15) is 12.4 Å². The van der Waals surface area contributed by atoms with Gasteiger partial charge in [-0.15, -0.1) is 0 Å². The molecule has 2 aliphatic heterocycles. The van der Waals surface area contributed by atoms with Gasteiger partial charge in [-0.05, 0) is 55.1 Å². The number of rotatable bonds is 6. The average Bonchev–Trinajstić information content (AvgIpc) is 3.17. The van der Waals surface area contributed by atoms with E-state index < -0.39 is 11.6 Å². The molecule has 7 heteroatoms. The van der Waals surface area contributed by atoms with Gasteiger partial charge in [0.2, 0.25) is 0 Å². The molecule has 0 fully saturated rings. The van der Waals surface area contributed by atoms with Gasteiger partial charge in [0.05, 0.1) is 35.3 Å². The molecular formula is C25H27N2O4S+. The molecular weight excluding hydrogens is 424 g/mol. The molecule has 2 aliphatic rings. The number of benzene rings is 1. The number of thiol groups is 1. The van der Waals surface area contributed by atoms with E-state index >= 15 is 0 Å². The molecule has 3 aromatic rings. The summed E-state index contributed by atoms with van der Waals surface area (Å²) in [5, 5.41) is 12.2. The maximum absolute atomic E-state index is 13.4. The minimum absolute atomic E-state index is 0.107. The molecule has 5 rings (SSSR count). The molecule has 1 N–H and O–H groups in total. The van der Waals surface area contributed by atoms with Crippen LogP contribution in [-0.4, -0.2) is 32.6 Å². The third kappa shape index (κ3) is 3.10. The summed E-state index contributed by atoms with van der Waals surface area (Å²) in [5.74, 6) is 0.485. The number of carbonyl (C=O) groups excluding carboxylic acids is 1. The number of aryl methyl sites for hydroxylation is 1. The zero-order valence-corrected chi connectivity index (χ0v) is 19.2. The number of hydrogen-bond donors (Lipinski definition) is 1. The summed E-state index contributed by atoms with van der Waals surface area (Å²) in [5.41, 5.74) is 3.38. The van der Waals surface area contributed by atoms with Crippen molar-refractivity contribution >= 4 is 28.6 Å². The van der Waals surface area contributed by atoms with Gasteiger partial charge in [-0.1, -0.05) is 25.1 Å². The molecule has 0 saturated carbocycles. The van der Waals surface area contributed by atoms with Gasteiger partial charge in [0, 0.05) is 16.5 Å². The highest BCUT2D eigenvalue weighted by molar-refractivity contribution is 7.77. The van der Waals surface area contributed by atoms with Crippen molar-refractivity contribution < 1.29 is 14.6 Å². The predicted molar refractivity (Wildman–Crippen MR) is 127 cm³/mol. The highest BCUT2D eigenvalue weighted by atomic mass is 32.2. The number of cyclic esters (lactones) is 1. The first-order valence-corrected chi connectivity index (χ1v) is 12.7. The summed E-state index contributed by atoms with van der Waals surface area (Å²) in [6.07, 6.45) is 5.50. The molecule has 0 saturated heterocycles. The lowest BCUT2D eigenvalue weighted by molar-refractivity contribution is -0.172. The Balaban J connectivity index is 1.71. The zero-order valence-electron chi connectivity index (χ0n) is 18.4. The fraction of sp³-hybridized carbons (Fsp3) is 0.400. The van der Waals surface area contributed by atoms with Crippen molar-refractivity contribution in [3.63, 3.8) is 0 Å². The van der Waals surface area contributed by atoms with E-state index in [1.54, 1.807) is 17.6 Å². The molecule has 0 unspecified atom stereocenters. The minimum atomic E-state index is -1.80. The largest absolute Gasteiger partial charge is 0.458 e. The standard InChI is InChI=1S/C25H26N2O4S/c1-3-25(30)19-12-21-22-17(13-27(21)23(28)18(19)14-31-24(25)29)15(8-6-7-11-32-2)16-9-4-5-10-20(16)26-22/h4-5,9-10,12,30H,3,6-8,11,13-14H2,1-2H3/p+1/t25-/m0/s1. The molecule has 32 heavy (non-hydrogen) atoms. The third-order valence-electron chi connectivity index (χ3n) is 6.77. The number of aliphatic hydroxyl groups is 1. The van der Waals surface area contributed by atoms with Gasteiger partial charge in [-0.3, -0.25) is 4.79 Å². The van der Waals surface area contributed by atoms with Crippen molar-refractivity contribution in [2.45, 2.75) is 51.4 Å². The summed E-state index contributed by atoms with van der Waals surface area (Å²) < 4.78 is 6.89. The Bertz CT molecular complexity index is 1300. The SMILES string of the molecule is CC[C@@]1(O)C(=O)OCc2c1cc1n(c2=O)Cc2c-1nc1ccccc1c2CCCC[SH+]C. The van der Waals surface area contributed by atoms with Gasteiger partial charge in [0.15, 0.2) is 5.60 Å². The van der Waals surface area contributed by atoms with Crippen LogP contribution in [0.15, 0.2) is 35.1 Å². The molecule has 0 aliphatic carbocycles. The first-order chi connectivity index (χ1) is 15.5. The Kier molecular flexibility index (Phi) is 5.34. The molecule has 6 nitrogen and oxygen atoms in total. The second-order valence-corrected chi connectivity index (χ2v) is 9.61. The molecule has 1 atom stereocenters. The van der Waals surface area contributed by atoms with E-state index in [-0.39, 0.29) is 18.6 Å². The fourth-order valence-corrected chi connectivity index (χ4v) is 5.51. The number of pyridine rings is 2. The molecule has 0 amide bonds. The number of ether oxygens (including phenoxy) is 1. The van der Waals surface area contributed by atoms with Gasteiger partial charge in [-0.25, -0.2) is 9.78 Å². The van der Waals surface area contributed by atoms with E-state index in [2.05, 4.69) is 12.3 Å². The number of aromatic nitrogens is 2. The van der Waals surface area contributed by atoms with Crippen molar-refractivity contribution in [3.05, 3.63) is 62.9 Å². The Morgan fingerprint density at radius 1 is 1.22 bits per heavy atom. The number of carbonyl (C=O) groups is 1. The normalized spacial score (nSPS) is 18.9. The Morgan fingerprint density at radius 3 is 2.81 bits per heavy atom. The lowest BCUT2D eigenvalue weighted by atomic mass is 9.86. The van der Waals surface area contributed by atoms with Crippen molar-refractivity contribution in [1.82, 2.24) is 9.55 Å². The Labute approximate surface area is 190 Å². The van der Waals surface area contributed by atoms with Crippen molar-refractivity contribution in [2.24, 2.45) is 0 Å². The quantitative estimate of drug-likeness (QED) is 0.211. The van der Waals surface area contributed by atoms with E-state index in [4.69, 9.17) is 9.72 Å². The van der Waals surface area contributed by atoms with Crippen LogP contribution in [0.1, 0.15) is 48.4 Å². The van der Waals surface area contributed by atoms with Gasteiger partial charge in [-0.2, -0.15) is 0 Å². The Hall–Kier alpha value is -2.64. The highest BCUT2D eigenvalue weighted by Gasteiger charge is 2.45. The van der Waals surface area contributed by atoms with Crippen LogP contribution in [0.4, 0.5) is 0 Å². The monoisotopic (exact) mass is 451 g/mol. The lowest BCUT2D eigenvalue weighted by Gasteiger charge is -2.31. The van der Waals surface area contributed by atoms with E-state index in [1.165, 1.54) is 23.1 Å². The van der Waals surface area contributed by atoms with E-state index in [0.29, 0.717) is 23.4 Å². The zero-order chi connectivity index (χ0) is 22.5. The summed E-state index contributed by atoms with van der Waals surface area (Å²) >= 11 is 1.41. The molecule has 2 aromatic heterocycles. The smallest absolute Gasteiger partial charge is 0.343 e. The van der Waals surface area contributed by atoms with Crippen molar-refractivity contribution in [2.75, 3.05) is 12.0 Å². The van der Waals surface area contributed by atoms with E-state index in [1.807, 2.05) is 18.2 Å². The highest BCUT2D eigenvalue weighted by Crippen LogP contribution is 2.40. The maximum atomic E-state index is 13.4. The first kappa shape index (κ1) is 21.2. The van der Waals surface area contributed by atoms with Crippen LogP contribution in [0.3, 0.4) is 0 Å². The van der Waals surface area contributed by atoms with Crippen LogP contribution in [0, 0.1) is 0 Å². The molecule has 0 bridgehead atoms. The van der Waals surface area contributed by atoms with Crippen LogP contribution < -0.4 is 5.56 Å². The van der Waals surface area contributed by atoms with Gasteiger partial charge in [0.25, 0.3) is 5.56 Å². The van der Waals surface area contributed by atoms with Crippen LogP contribution >= 0.6 is 0 Å². The number of esters is 1. The van der Waals surface area contributed by atoms with Crippen LogP contribution in [0.25, 0.3) is 22.3 Å². The number of unbranched alkanes of at least 4 members (excludes halogenated alkanes) is 1. The summed E-state index contributed by atoms with van der Waals surface area (Å²) in [4.78, 5) is 30.7. The summed E-state index contributed by atoms with van der Waals surface area (Å²) in [7, 11) is 0. The first-order valence-electron chi connectivity index (χ1n) is 11.1. The van der Waals surface area contributed by atoms with Crippen molar-refractivity contribution in [3.8, 4) is 11.4 Å². The van der Waals surface area contributed by atoms with Crippen LogP contribution in [0.2, 0.25) is 0 Å². The van der Waals surface area contributed by atoms with E-state index in [0.717, 1.165) is 41.4 Å². The summed E-state index contributed by atoms with van der Waals surface area (Å²) in [6, 6.07) is 9.90. The molecule has 0 spiro atoms. The molecule has 4 heterocycles. The number of hydrogen-bond acceptors (Lipinski definition) is 5. The number of para-hydroxylation sites is 1. The van der Waals surface area contributed by atoms with Crippen LogP contribution in [-0.2, 0) is 46.5 Å². The summed E-state index contributed by atoms with van der Waals surface area (Å²) in [6.45, 7) is 2.06. The van der Waals surface area contributed by atoms with Crippen LogP contribution in [0.5, 0.6) is 0 Å². The molecule has 0 radical (unpaired) electrons. The fourth-order valence-electron chi connectivity index (χ4n) is 4.97. The van der Waals surface area contributed by atoms with Gasteiger partial charge >= 0.3 is 5.97 Å². The minimum Gasteiger partial charge on any atom is -0.458 e. The molecule has 1 aromatic carbocycles. The van der Waals surface area contributed by atoms with E-state index in [9.17, 15) is 14.7 Å². The maximum Gasteiger partial charge on any atom is 0.343 e. The van der Waals surface area contributed by atoms with Crippen molar-refractivity contribution in [1.29, 1.82) is 0 Å². The average molecular weight is 452 g/mol. The number of nitrogens with zero attached hydrogens (tertiary/aromatic N) is 2. The Morgan fingerprint density at radius 2 is 2.03 bits per heavy atom. The topological polar surface area (TPSA) is 81.4 Å².